The van der Waals surface area contributed by atoms with E-state index in [-0.39, 0.29) is 12.5 Å². The van der Waals surface area contributed by atoms with Gasteiger partial charge in [0.15, 0.2) is 18.1 Å². The Morgan fingerprint density at radius 1 is 1.32 bits per heavy atom. The second kappa shape index (κ2) is 8.41. The summed E-state index contributed by atoms with van der Waals surface area (Å²) in [5.41, 5.74) is 3.65. The van der Waals surface area contributed by atoms with Crippen LogP contribution in [0.4, 0.5) is 0 Å². The van der Waals surface area contributed by atoms with Gasteiger partial charge in [0.05, 0.1) is 6.61 Å². The lowest BCUT2D eigenvalue weighted by Crippen LogP contribution is -2.27. The molecule has 1 unspecified atom stereocenters. The van der Waals surface area contributed by atoms with Crippen LogP contribution in [0.3, 0.4) is 0 Å². The first kappa shape index (κ1) is 16.3. The van der Waals surface area contributed by atoms with Gasteiger partial charge in [0.25, 0.3) is 5.91 Å². The monoisotopic (exact) mass is 304 g/mol. The van der Waals surface area contributed by atoms with Crippen molar-refractivity contribution in [1.29, 1.82) is 0 Å². The zero-order chi connectivity index (χ0) is 15.8. The quantitative estimate of drug-likeness (QED) is 0.821. The summed E-state index contributed by atoms with van der Waals surface area (Å²) in [5, 5.41) is 4.21. The molecular weight excluding hydrogens is 280 g/mol. The molecule has 0 bridgehead atoms. The van der Waals surface area contributed by atoms with E-state index in [2.05, 4.69) is 17.5 Å². The fraction of sp³-hybridized carbons (Fsp3) is 0.529. The van der Waals surface area contributed by atoms with Gasteiger partial charge < -0.3 is 9.47 Å². The van der Waals surface area contributed by atoms with E-state index in [1.54, 1.807) is 6.07 Å². The van der Waals surface area contributed by atoms with E-state index in [4.69, 9.17) is 9.47 Å². The van der Waals surface area contributed by atoms with Crippen molar-refractivity contribution in [3.8, 4) is 11.5 Å². The Balaban J connectivity index is 1.81. The summed E-state index contributed by atoms with van der Waals surface area (Å²) in [5.74, 6) is 1.61. The average Bonchev–Trinajstić information content (AvgIpc) is 2.52. The molecule has 2 rings (SSSR count). The number of hydrogen-bond donors (Lipinski definition) is 1. The minimum Gasteiger partial charge on any atom is -0.490 e. The zero-order valence-corrected chi connectivity index (χ0v) is 13.3. The molecule has 22 heavy (non-hydrogen) atoms. The van der Waals surface area contributed by atoms with Crippen LogP contribution in [-0.4, -0.2) is 24.8 Å². The highest BCUT2D eigenvalue weighted by Crippen LogP contribution is 2.26. The number of carbonyl (C=O) groups excluding carboxylic acids is 1. The summed E-state index contributed by atoms with van der Waals surface area (Å²) >= 11 is 0. The molecule has 1 aliphatic rings. The molecule has 0 saturated heterocycles. The number of nitrogens with one attached hydrogen (secondary N) is 1. The lowest BCUT2D eigenvalue weighted by molar-refractivity contribution is -0.123. The fourth-order valence-corrected chi connectivity index (χ4v) is 2.52. The minimum absolute atomic E-state index is 0.0730. The maximum Gasteiger partial charge on any atom is 0.277 e. The number of para-hydroxylation sites is 2. The van der Waals surface area contributed by atoms with Crippen molar-refractivity contribution in [3.05, 3.63) is 24.3 Å². The van der Waals surface area contributed by atoms with Crippen molar-refractivity contribution in [2.24, 2.45) is 11.0 Å². The molecule has 1 aromatic carbocycles. The molecular formula is C17H24N2O3. The summed E-state index contributed by atoms with van der Waals surface area (Å²) in [6, 6.07) is 7.32. The van der Waals surface area contributed by atoms with E-state index >= 15 is 0 Å². The first-order chi connectivity index (χ1) is 10.7. The third-order valence-electron chi connectivity index (χ3n) is 3.59. The van der Waals surface area contributed by atoms with E-state index in [0.29, 0.717) is 24.0 Å². The van der Waals surface area contributed by atoms with Crippen LogP contribution in [0.15, 0.2) is 29.4 Å². The maximum absolute atomic E-state index is 11.8. The number of carbonyl (C=O) groups is 1. The van der Waals surface area contributed by atoms with Crippen LogP contribution < -0.4 is 14.9 Å². The lowest BCUT2D eigenvalue weighted by Gasteiger charge is -2.19. The molecule has 1 aromatic rings. The summed E-state index contributed by atoms with van der Waals surface area (Å²) in [4.78, 5) is 11.8. The van der Waals surface area contributed by atoms with Crippen LogP contribution in [0.2, 0.25) is 0 Å². The fourth-order valence-electron chi connectivity index (χ4n) is 2.52. The van der Waals surface area contributed by atoms with Gasteiger partial charge in [-0.05, 0) is 50.7 Å². The Morgan fingerprint density at radius 2 is 2.05 bits per heavy atom. The molecule has 0 aliphatic heterocycles. The molecule has 120 valence electrons. The Bertz CT molecular complexity index is 528. The molecule has 5 heteroatoms. The second-order valence-electron chi connectivity index (χ2n) is 5.58. The van der Waals surface area contributed by atoms with Gasteiger partial charge in [-0.1, -0.05) is 19.1 Å². The smallest absolute Gasteiger partial charge is 0.277 e. The van der Waals surface area contributed by atoms with E-state index in [1.165, 1.54) is 6.42 Å². The van der Waals surface area contributed by atoms with E-state index in [9.17, 15) is 4.79 Å². The SMILES string of the molecule is CCOc1ccccc1OCC(=O)NN=C1CCCC(C)C1. The summed E-state index contributed by atoms with van der Waals surface area (Å²) < 4.78 is 11.0. The van der Waals surface area contributed by atoms with E-state index in [0.717, 1.165) is 25.0 Å². The Kier molecular flexibility index (Phi) is 6.25. The highest BCUT2D eigenvalue weighted by Gasteiger charge is 2.14. The van der Waals surface area contributed by atoms with Gasteiger partial charge in [0, 0.05) is 5.71 Å². The number of hydrogen-bond acceptors (Lipinski definition) is 4. The molecule has 1 saturated carbocycles. The van der Waals surface area contributed by atoms with Crippen molar-refractivity contribution in [1.82, 2.24) is 5.43 Å². The zero-order valence-electron chi connectivity index (χ0n) is 13.3. The standard InChI is InChI=1S/C17H24N2O3/c1-3-21-15-9-4-5-10-16(15)22-12-17(20)19-18-14-8-6-7-13(2)11-14/h4-5,9-10,13H,3,6-8,11-12H2,1-2H3,(H,19,20). The van der Waals surface area contributed by atoms with Crippen LogP contribution >= 0.6 is 0 Å². The Labute approximate surface area is 131 Å². The topological polar surface area (TPSA) is 59.9 Å². The molecule has 5 nitrogen and oxygen atoms in total. The number of hydrazone groups is 1. The van der Waals surface area contributed by atoms with E-state index in [1.807, 2.05) is 25.1 Å². The van der Waals surface area contributed by atoms with E-state index < -0.39 is 0 Å². The van der Waals surface area contributed by atoms with Crippen molar-refractivity contribution in [2.45, 2.75) is 39.5 Å². The highest BCUT2D eigenvalue weighted by molar-refractivity contribution is 5.87. The van der Waals surface area contributed by atoms with Gasteiger partial charge in [-0.2, -0.15) is 5.10 Å². The Morgan fingerprint density at radius 3 is 2.73 bits per heavy atom. The summed E-state index contributed by atoms with van der Waals surface area (Å²) in [7, 11) is 0. The number of benzene rings is 1. The van der Waals surface area contributed by atoms with Crippen molar-refractivity contribution >= 4 is 11.6 Å². The third kappa shape index (κ3) is 5.06. The van der Waals surface area contributed by atoms with Gasteiger partial charge in [0.1, 0.15) is 0 Å². The number of rotatable bonds is 6. The van der Waals surface area contributed by atoms with Crippen LogP contribution in [0, 0.1) is 5.92 Å². The van der Waals surface area contributed by atoms with Crippen molar-refractivity contribution < 1.29 is 14.3 Å². The highest BCUT2D eigenvalue weighted by atomic mass is 16.5. The van der Waals surface area contributed by atoms with Crippen molar-refractivity contribution in [3.63, 3.8) is 0 Å². The predicted octanol–water partition coefficient (Wildman–Crippen LogP) is 3.15. The first-order valence-corrected chi connectivity index (χ1v) is 7.88. The molecule has 1 atom stereocenters. The van der Waals surface area contributed by atoms with Gasteiger partial charge in [0.2, 0.25) is 0 Å². The minimum atomic E-state index is -0.253. The number of nitrogens with zero attached hydrogens (tertiary/aromatic N) is 1. The predicted molar refractivity (Wildman–Crippen MR) is 86.3 cm³/mol. The largest absolute Gasteiger partial charge is 0.490 e. The van der Waals surface area contributed by atoms with Crippen LogP contribution in [0.1, 0.15) is 39.5 Å². The van der Waals surface area contributed by atoms with Crippen LogP contribution in [0.5, 0.6) is 11.5 Å². The maximum atomic E-state index is 11.8. The molecule has 0 radical (unpaired) electrons. The summed E-state index contributed by atoms with van der Waals surface area (Å²) in [6.45, 7) is 4.60. The summed E-state index contributed by atoms with van der Waals surface area (Å²) in [6.07, 6.45) is 4.32. The second-order valence-corrected chi connectivity index (χ2v) is 5.58. The normalized spacial score (nSPS) is 19.7. The van der Waals surface area contributed by atoms with Crippen LogP contribution in [-0.2, 0) is 4.79 Å². The molecule has 0 heterocycles. The first-order valence-electron chi connectivity index (χ1n) is 7.88. The number of amides is 1. The van der Waals surface area contributed by atoms with Gasteiger partial charge in [-0.15, -0.1) is 0 Å². The average molecular weight is 304 g/mol. The molecule has 0 spiro atoms. The molecule has 1 N–H and O–H groups in total. The molecule has 0 aromatic heterocycles. The number of ether oxygens (including phenoxy) is 2. The third-order valence-corrected chi connectivity index (χ3v) is 3.59. The Hall–Kier alpha value is -2.04. The van der Waals surface area contributed by atoms with Crippen molar-refractivity contribution in [2.75, 3.05) is 13.2 Å². The molecule has 1 aliphatic carbocycles. The van der Waals surface area contributed by atoms with Crippen LogP contribution in [0.25, 0.3) is 0 Å². The van der Waals surface area contributed by atoms with Gasteiger partial charge in [-0.25, -0.2) is 5.43 Å². The van der Waals surface area contributed by atoms with Gasteiger partial charge in [-0.3, -0.25) is 4.79 Å². The lowest BCUT2D eigenvalue weighted by atomic mass is 9.89. The molecule has 1 fully saturated rings. The molecule has 1 amide bonds. The van der Waals surface area contributed by atoms with Gasteiger partial charge >= 0.3 is 0 Å².